The first-order chi connectivity index (χ1) is 8.46. The van der Waals surface area contributed by atoms with Gasteiger partial charge in [0.2, 0.25) is 0 Å². The maximum Gasteiger partial charge on any atom is 0.261 e. The molecule has 18 heavy (non-hydrogen) atoms. The zero-order valence-electron chi connectivity index (χ0n) is 11.2. The molecular formula is C15H18N2O. The Morgan fingerprint density at radius 2 is 2.11 bits per heavy atom. The summed E-state index contributed by atoms with van der Waals surface area (Å²) in [6.07, 6.45) is 1.99. The summed E-state index contributed by atoms with van der Waals surface area (Å²) in [6, 6.07) is 5.87. The highest BCUT2D eigenvalue weighted by Crippen LogP contribution is 2.29. The Hall–Kier alpha value is -1.64. The van der Waals surface area contributed by atoms with E-state index in [1.165, 1.54) is 0 Å². The third kappa shape index (κ3) is 1.74. The molecule has 1 aliphatic heterocycles. The zero-order valence-corrected chi connectivity index (χ0v) is 11.2. The standard InChI is InChI=1S/C15H18N2O/c1-10-4-5-11-12(8-10)16-13-6-7-15(2,3)9-17(13)14(11)18/h4-5,8H,6-7,9H2,1-3H3. The molecule has 0 saturated heterocycles. The fourth-order valence-corrected chi connectivity index (χ4v) is 2.69. The molecule has 0 radical (unpaired) electrons. The van der Waals surface area contributed by atoms with Crippen molar-refractivity contribution in [2.75, 3.05) is 0 Å². The highest BCUT2D eigenvalue weighted by molar-refractivity contribution is 5.78. The van der Waals surface area contributed by atoms with Crippen molar-refractivity contribution in [2.24, 2.45) is 5.41 Å². The van der Waals surface area contributed by atoms with Crippen LogP contribution in [0.4, 0.5) is 0 Å². The fraction of sp³-hybridized carbons (Fsp3) is 0.467. The SMILES string of the molecule is Cc1ccc2c(=O)n3c(nc2c1)CCC(C)(C)C3. The molecule has 3 rings (SSSR count). The van der Waals surface area contributed by atoms with Gasteiger partial charge in [0, 0.05) is 13.0 Å². The predicted molar refractivity (Wildman–Crippen MR) is 72.8 cm³/mol. The molecule has 0 atom stereocenters. The highest BCUT2D eigenvalue weighted by atomic mass is 16.1. The van der Waals surface area contributed by atoms with Gasteiger partial charge in [0.1, 0.15) is 5.82 Å². The zero-order chi connectivity index (χ0) is 12.9. The molecule has 0 aliphatic carbocycles. The lowest BCUT2D eigenvalue weighted by Crippen LogP contribution is -2.36. The van der Waals surface area contributed by atoms with Crippen LogP contribution in [0.25, 0.3) is 10.9 Å². The van der Waals surface area contributed by atoms with E-state index in [0.717, 1.165) is 41.7 Å². The average molecular weight is 242 g/mol. The molecule has 3 heteroatoms. The van der Waals surface area contributed by atoms with Crippen molar-refractivity contribution in [3.8, 4) is 0 Å². The Morgan fingerprint density at radius 3 is 2.89 bits per heavy atom. The number of fused-ring (bicyclic) bond motifs is 2. The van der Waals surface area contributed by atoms with E-state index < -0.39 is 0 Å². The van der Waals surface area contributed by atoms with Gasteiger partial charge in [0.15, 0.2) is 0 Å². The smallest absolute Gasteiger partial charge is 0.261 e. The molecule has 1 aliphatic rings. The molecule has 0 N–H and O–H groups in total. The van der Waals surface area contributed by atoms with Gasteiger partial charge in [-0.15, -0.1) is 0 Å². The maximum absolute atomic E-state index is 12.5. The third-order valence-electron chi connectivity index (χ3n) is 3.80. The number of benzene rings is 1. The van der Waals surface area contributed by atoms with Crippen LogP contribution in [0.1, 0.15) is 31.7 Å². The van der Waals surface area contributed by atoms with E-state index in [0.29, 0.717) is 0 Å². The predicted octanol–water partition coefficient (Wildman–Crippen LogP) is 2.68. The lowest BCUT2D eigenvalue weighted by Gasteiger charge is -2.31. The average Bonchev–Trinajstić information content (AvgIpc) is 2.30. The maximum atomic E-state index is 12.5. The van der Waals surface area contributed by atoms with E-state index in [9.17, 15) is 4.79 Å². The Bertz CT molecular complexity index is 683. The number of aromatic nitrogens is 2. The summed E-state index contributed by atoms with van der Waals surface area (Å²) in [5.41, 5.74) is 2.29. The molecule has 0 spiro atoms. The van der Waals surface area contributed by atoms with E-state index in [4.69, 9.17) is 0 Å². The first kappa shape index (κ1) is 11.5. The summed E-state index contributed by atoms with van der Waals surface area (Å²) >= 11 is 0. The van der Waals surface area contributed by atoms with E-state index in [2.05, 4.69) is 18.8 Å². The van der Waals surface area contributed by atoms with Gasteiger partial charge in [0.05, 0.1) is 10.9 Å². The number of nitrogens with zero attached hydrogens (tertiary/aromatic N) is 2. The molecule has 3 nitrogen and oxygen atoms in total. The Balaban J connectivity index is 2.30. The molecule has 94 valence electrons. The summed E-state index contributed by atoms with van der Waals surface area (Å²) in [4.78, 5) is 17.2. The van der Waals surface area contributed by atoms with Crippen molar-refractivity contribution in [3.63, 3.8) is 0 Å². The van der Waals surface area contributed by atoms with Crippen molar-refractivity contribution in [1.29, 1.82) is 0 Å². The number of hydrogen-bond donors (Lipinski definition) is 0. The molecule has 0 saturated carbocycles. The first-order valence-electron chi connectivity index (χ1n) is 6.46. The van der Waals surface area contributed by atoms with Crippen molar-refractivity contribution in [3.05, 3.63) is 39.9 Å². The second kappa shape index (κ2) is 3.67. The lowest BCUT2D eigenvalue weighted by atomic mass is 9.85. The summed E-state index contributed by atoms with van der Waals surface area (Å²) < 4.78 is 1.86. The van der Waals surface area contributed by atoms with Crippen LogP contribution in [-0.2, 0) is 13.0 Å². The molecule has 1 aromatic heterocycles. The van der Waals surface area contributed by atoms with E-state index in [1.807, 2.05) is 29.7 Å². The molecule has 1 aromatic carbocycles. The summed E-state index contributed by atoms with van der Waals surface area (Å²) in [5.74, 6) is 0.942. The van der Waals surface area contributed by atoms with Crippen LogP contribution in [0.5, 0.6) is 0 Å². The Kier molecular flexibility index (Phi) is 2.34. The van der Waals surface area contributed by atoms with Crippen molar-refractivity contribution >= 4 is 10.9 Å². The second-order valence-electron chi connectivity index (χ2n) is 6.10. The van der Waals surface area contributed by atoms with Crippen LogP contribution < -0.4 is 5.56 Å². The topological polar surface area (TPSA) is 34.9 Å². The number of aryl methyl sites for hydroxylation is 2. The minimum Gasteiger partial charge on any atom is -0.296 e. The molecule has 2 aromatic rings. The lowest BCUT2D eigenvalue weighted by molar-refractivity contribution is 0.240. The minimum atomic E-state index is 0.114. The molecular weight excluding hydrogens is 224 g/mol. The van der Waals surface area contributed by atoms with Crippen LogP contribution in [0, 0.1) is 12.3 Å². The van der Waals surface area contributed by atoms with Gasteiger partial charge in [-0.25, -0.2) is 4.98 Å². The van der Waals surface area contributed by atoms with Crippen LogP contribution in [0.2, 0.25) is 0 Å². The van der Waals surface area contributed by atoms with Crippen LogP contribution in [-0.4, -0.2) is 9.55 Å². The van der Waals surface area contributed by atoms with Gasteiger partial charge in [-0.3, -0.25) is 9.36 Å². The van der Waals surface area contributed by atoms with Crippen LogP contribution >= 0.6 is 0 Å². The van der Waals surface area contributed by atoms with Crippen LogP contribution in [0.15, 0.2) is 23.0 Å². The van der Waals surface area contributed by atoms with Crippen molar-refractivity contribution in [2.45, 2.75) is 40.2 Å². The van der Waals surface area contributed by atoms with Gasteiger partial charge in [0.25, 0.3) is 5.56 Å². The number of hydrogen-bond acceptors (Lipinski definition) is 2. The molecule has 0 amide bonds. The summed E-state index contributed by atoms with van der Waals surface area (Å²) in [5, 5.41) is 0.738. The fourth-order valence-electron chi connectivity index (χ4n) is 2.69. The van der Waals surface area contributed by atoms with Gasteiger partial charge < -0.3 is 0 Å². The van der Waals surface area contributed by atoms with Gasteiger partial charge in [-0.1, -0.05) is 19.9 Å². The quantitative estimate of drug-likeness (QED) is 0.712. The molecule has 0 unspecified atom stereocenters. The summed E-state index contributed by atoms with van der Waals surface area (Å²) in [7, 11) is 0. The molecule has 0 bridgehead atoms. The number of rotatable bonds is 0. The normalized spacial score (nSPS) is 17.7. The monoisotopic (exact) mass is 242 g/mol. The second-order valence-corrected chi connectivity index (χ2v) is 6.10. The minimum absolute atomic E-state index is 0.114. The van der Waals surface area contributed by atoms with Gasteiger partial charge >= 0.3 is 0 Å². The molecule has 0 fully saturated rings. The largest absolute Gasteiger partial charge is 0.296 e. The van der Waals surface area contributed by atoms with E-state index in [1.54, 1.807) is 0 Å². The molecule has 2 heterocycles. The Labute approximate surface area is 106 Å². The first-order valence-corrected chi connectivity index (χ1v) is 6.46. The van der Waals surface area contributed by atoms with Gasteiger partial charge in [-0.2, -0.15) is 0 Å². The van der Waals surface area contributed by atoms with E-state index in [-0.39, 0.29) is 11.0 Å². The van der Waals surface area contributed by atoms with Crippen molar-refractivity contribution < 1.29 is 0 Å². The highest BCUT2D eigenvalue weighted by Gasteiger charge is 2.27. The third-order valence-corrected chi connectivity index (χ3v) is 3.80. The Morgan fingerprint density at radius 1 is 1.33 bits per heavy atom. The summed E-state index contributed by atoms with van der Waals surface area (Å²) in [6.45, 7) is 7.22. The van der Waals surface area contributed by atoms with Crippen LogP contribution in [0.3, 0.4) is 0 Å². The van der Waals surface area contributed by atoms with Crippen molar-refractivity contribution in [1.82, 2.24) is 9.55 Å². The van der Waals surface area contributed by atoms with E-state index >= 15 is 0 Å². The van der Waals surface area contributed by atoms with Gasteiger partial charge in [-0.05, 0) is 36.5 Å².